The van der Waals surface area contributed by atoms with Gasteiger partial charge in [-0.2, -0.15) is 5.10 Å². The van der Waals surface area contributed by atoms with Gasteiger partial charge in [-0.1, -0.05) is 23.2 Å². The summed E-state index contributed by atoms with van der Waals surface area (Å²) in [5, 5.41) is 15.8. The highest BCUT2D eigenvalue weighted by Gasteiger charge is 2.18. The molecule has 2 aromatic rings. The van der Waals surface area contributed by atoms with Gasteiger partial charge in [0.25, 0.3) is 0 Å². The molecule has 19 heavy (non-hydrogen) atoms. The van der Waals surface area contributed by atoms with Gasteiger partial charge in [-0.25, -0.2) is 0 Å². The van der Waals surface area contributed by atoms with Crippen molar-refractivity contribution in [1.29, 1.82) is 0 Å². The van der Waals surface area contributed by atoms with Crippen molar-refractivity contribution in [3.05, 3.63) is 48.8 Å². The Morgan fingerprint density at radius 2 is 2.11 bits per heavy atom. The molecule has 0 saturated carbocycles. The molecular weight excluding hydrogens is 398 g/mol. The predicted molar refractivity (Wildman–Crippen MR) is 85.8 cm³/mol. The summed E-state index contributed by atoms with van der Waals surface area (Å²) < 4.78 is 2.68. The Hall–Kier alpha value is -0.300. The largest absolute Gasteiger partial charge is 0.388 e. The Morgan fingerprint density at radius 3 is 2.68 bits per heavy atom. The van der Waals surface area contributed by atoms with Gasteiger partial charge in [0.05, 0.1) is 22.5 Å². The second-order valence-electron chi connectivity index (χ2n) is 4.36. The van der Waals surface area contributed by atoms with E-state index in [1.54, 1.807) is 16.8 Å². The maximum Gasteiger partial charge on any atom is 0.0856 e. The van der Waals surface area contributed by atoms with Crippen molar-refractivity contribution in [3.8, 4) is 0 Å². The topological polar surface area (TPSA) is 38.0 Å². The molecule has 1 aromatic carbocycles. The van der Waals surface area contributed by atoms with E-state index in [1.165, 1.54) is 0 Å². The number of aliphatic hydroxyl groups is 1. The number of hydrogen-bond acceptors (Lipinski definition) is 2. The number of nitrogens with zero attached hydrogens (tertiary/aromatic N) is 2. The van der Waals surface area contributed by atoms with Gasteiger partial charge in [-0.15, -0.1) is 0 Å². The van der Waals surface area contributed by atoms with Crippen LogP contribution in [0.5, 0.6) is 0 Å². The minimum atomic E-state index is -0.655. The van der Waals surface area contributed by atoms with E-state index < -0.39 is 6.10 Å². The van der Waals surface area contributed by atoms with Crippen molar-refractivity contribution in [2.24, 2.45) is 7.05 Å². The molecule has 0 aliphatic carbocycles. The van der Waals surface area contributed by atoms with Gasteiger partial charge in [0.1, 0.15) is 0 Å². The molecule has 0 spiro atoms. The summed E-state index contributed by atoms with van der Waals surface area (Å²) in [6.07, 6.45) is -0.245. The van der Waals surface area contributed by atoms with Crippen molar-refractivity contribution in [2.75, 3.05) is 0 Å². The summed E-state index contributed by atoms with van der Waals surface area (Å²) in [6, 6.07) is 5.48. The van der Waals surface area contributed by atoms with Crippen LogP contribution in [0.15, 0.2) is 18.2 Å². The van der Waals surface area contributed by atoms with E-state index in [2.05, 4.69) is 27.7 Å². The van der Waals surface area contributed by atoms with Crippen molar-refractivity contribution in [1.82, 2.24) is 9.78 Å². The molecule has 3 nitrogen and oxygen atoms in total. The minimum absolute atomic E-state index is 0.409. The number of hydrogen-bond donors (Lipinski definition) is 1. The molecular formula is C13H13Cl2IN2O. The molecule has 6 heteroatoms. The van der Waals surface area contributed by atoms with E-state index in [9.17, 15) is 5.11 Å². The highest BCUT2D eigenvalue weighted by atomic mass is 127. The van der Waals surface area contributed by atoms with Crippen LogP contribution in [0, 0.1) is 10.5 Å². The first-order valence-electron chi connectivity index (χ1n) is 5.71. The van der Waals surface area contributed by atoms with Gasteiger partial charge in [0.15, 0.2) is 0 Å². The Labute approximate surface area is 135 Å². The van der Waals surface area contributed by atoms with Gasteiger partial charge < -0.3 is 5.11 Å². The fourth-order valence-electron chi connectivity index (χ4n) is 1.96. The van der Waals surface area contributed by atoms with Crippen LogP contribution in [0.4, 0.5) is 0 Å². The van der Waals surface area contributed by atoms with Crippen LogP contribution >= 0.6 is 45.8 Å². The molecule has 0 radical (unpaired) electrons. The summed E-state index contributed by atoms with van der Waals surface area (Å²) in [5.41, 5.74) is 2.40. The number of benzene rings is 1. The van der Waals surface area contributed by atoms with Crippen molar-refractivity contribution < 1.29 is 5.11 Å². The third-order valence-corrected chi connectivity index (χ3v) is 4.67. The first-order valence-corrected chi connectivity index (χ1v) is 7.54. The second kappa shape index (κ2) is 5.99. The van der Waals surface area contributed by atoms with Crippen LogP contribution in [0.1, 0.15) is 23.1 Å². The first-order chi connectivity index (χ1) is 8.90. The smallest absolute Gasteiger partial charge is 0.0856 e. The van der Waals surface area contributed by atoms with Crippen LogP contribution in [0.25, 0.3) is 0 Å². The molecule has 1 unspecified atom stereocenters. The highest BCUT2D eigenvalue weighted by Crippen LogP contribution is 2.29. The fraction of sp³-hybridized carbons (Fsp3) is 0.308. The normalized spacial score (nSPS) is 12.7. The average molecular weight is 411 g/mol. The zero-order valence-electron chi connectivity index (χ0n) is 10.5. The molecule has 102 valence electrons. The van der Waals surface area contributed by atoms with E-state index in [1.807, 2.05) is 20.0 Å². The van der Waals surface area contributed by atoms with Crippen LogP contribution in [-0.4, -0.2) is 14.9 Å². The van der Waals surface area contributed by atoms with Gasteiger partial charge in [-0.05, 0) is 53.3 Å². The number of halogens is 3. The van der Waals surface area contributed by atoms with Crippen molar-refractivity contribution in [3.63, 3.8) is 0 Å². The number of rotatable bonds is 3. The zero-order valence-corrected chi connectivity index (χ0v) is 14.2. The lowest BCUT2D eigenvalue weighted by Gasteiger charge is -2.14. The molecule has 0 fully saturated rings. The number of aromatic nitrogens is 2. The molecule has 1 atom stereocenters. The van der Waals surface area contributed by atoms with Gasteiger partial charge in [-0.3, -0.25) is 4.68 Å². The number of aryl methyl sites for hydroxylation is 2. The van der Waals surface area contributed by atoms with Gasteiger partial charge >= 0.3 is 0 Å². The van der Waals surface area contributed by atoms with Gasteiger partial charge in [0.2, 0.25) is 0 Å². The summed E-state index contributed by atoms with van der Waals surface area (Å²) in [5.74, 6) is 0. The maximum absolute atomic E-state index is 10.4. The van der Waals surface area contributed by atoms with E-state index in [4.69, 9.17) is 23.2 Å². The van der Waals surface area contributed by atoms with Crippen molar-refractivity contribution in [2.45, 2.75) is 19.4 Å². The van der Waals surface area contributed by atoms with E-state index in [0.29, 0.717) is 16.5 Å². The maximum atomic E-state index is 10.4. The highest BCUT2D eigenvalue weighted by molar-refractivity contribution is 14.1. The molecule has 1 N–H and O–H groups in total. The monoisotopic (exact) mass is 410 g/mol. The molecule has 2 rings (SSSR count). The van der Waals surface area contributed by atoms with E-state index in [0.717, 1.165) is 20.5 Å². The summed E-state index contributed by atoms with van der Waals surface area (Å²) in [4.78, 5) is 0. The van der Waals surface area contributed by atoms with Crippen LogP contribution in [-0.2, 0) is 13.5 Å². The molecule has 0 aliphatic heterocycles. The van der Waals surface area contributed by atoms with Crippen LogP contribution in [0.2, 0.25) is 10.0 Å². The lowest BCUT2D eigenvalue weighted by atomic mass is 10.0. The first kappa shape index (κ1) is 15.1. The minimum Gasteiger partial charge on any atom is -0.388 e. The predicted octanol–water partition coefficient (Wildman–Crippen LogP) is 3.92. The zero-order chi connectivity index (χ0) is 14.2. The third kappa shape index (κ3) is 3.24. The third-order valence-electron chi connectivity index (χ3n) is 2.97. The molecule has 0 amide bonds. The molecule has 1 aromatic heterocycles. The number of aliphatic hydroxyl groups excluding tert-OH is 1. The Balaban J connectivity index is 2.30. The molecule has 0 saturated heterocycles. The quantitative estimate of drug-likeness (QED) is 0.779. The summed E-state index contributed by atoms with van der Waals surface area (Å²) in [7, 11) is 1.82. The Bertz CT molecular complexity index is 613. The summed E-state index contributed by atoms with van der Waals surface area (Å²) in [6.45, 7) is 1.85. The lowest BCUT2D eigenvalue weighted by Crippen LogP contribution is -2.08. The molecule has 1 heterocycles. The van der Waals surface area contributed by atoms with Gasteiger partial charge in [0, 0.05) is 22.1 Å². The molecule has 0 aliphatic rings. The van der Waals surface area contributed by atoms with E-state index in [-0.39, 0.29) is 0 Å². The Kier molecular flexibility index (Phi) is 4.76. The standard InChI is InChI=1S/C13H13Cl2IN2O/c1-7-13(15)11(18(2)17-7)6-12(19)9-5-8(14)3-4-10(9)16/h3-5,12,19H,6H2,1-2H3. The van der Waals surface area contributed by atoms with Crippen molar-refractivity contribution >= 4 is 45.8 Å². The average Bonchev–Trinajstić information content (AvgIpc) is 2.59. The SMILES string of the molecule is Cc1nn(C)c(CC(O)c2cc(Cl)ccc2I)c1Cl. The fourth-order valence-corrected chi connectivity index (χ4v) is 3.08. The Morgan fingerprint density at radius 1 is 1.42 bits per heavy atom. The van der Waals surface area contributed by atoms with E-state index >= 15 is 0 Å². The van der Waals surface area contributed by atoms with Crippen LogP contribution in [0.3, 0.4) is 0 Å². The molecule has 0 bridgehead atoms. The lowest BCUT2D eigenvalue weighted by molar-refractivity contribution is 0.175. The summed E-state index contributed by atoms with van der Waals surface area (Å²) >= 11 is 14.4. The second-order valence-corrected chi connectivity index (χ2v) is 6.33. The van der Waals surface area contributed by atoms with Crippen LogP contribution < -0.4 is 0 Å².